The summed E-state index contributed by atoms with van der Waals surface area (Å²) in [4.78, 5) is 1.72. The van der Waals surface area contributed by atoms with Gasteiger partial charge in [0.1, 0.15) is 18.5 Å². The Labute approximate surface area is 121 Å². The summed E-state index contributed by atoms with van der Waals surface area (Å²) in [7, 11) is 1.71. The average Bonchev–Trinajstić information content (AvgIpc) is 2.42. The molecule has 0 aromatic heterocycles. The first kappa shape index (κ1) is 17.3. The van der Waals surface area contributed by atoms with Gasteiger partial charge in [-0.15, -0.1) is 0 Å². The molecule has 1 aromatic rings. The summed E-state index contributed by atoms with van der Waals surface area (Å²) in [5.74, 6) is -0.302. The number of nitriles is 1. The lowest BCUT2D eigenvalue weighted by Gasteiger charge is -2.20. The Morgan fingerprint density at radius 2 is 2.05 bits per heavy atom. The SMILES string of the molecule is CN(CCC#N)C[C@@H](O)COc1ccccc1C(F)(F)F. The van der Waals surface area contributed by atoms with Crippen molar-refractivity contribution in [3.63, 3.8) is 0 Å². The summed E-state index contributed by atoms with van der Waals surface area (Å²) in [6, 6.07) is 6.84. The van der Waals surface area contributed by atoms with Crippen LogP contribution in [0.5, 0.6) is 5.75 Å². The third-order valence-corrected chi connectivity index (χ3v) is 2.75. The molecular weight excluding hydrogens is 285 g/mol. The fourth-order valence-corrected chi connectivity index (χ4v) is 1.76. The van der Waals surface area contributed by atoms with Crippen molar-refractivity contribution >= 4 is 0 Å². The van der Waals surface area contributed by atoms with E-state index in [1.807, 2.05) is 6.07 Å². The molecule has 21 heavy (non-hydrogen) atoms. The standard InChI is InChI=1S/C14H17F3N2O2/c1-19(8-4-7-18)9-11(20)10-21-13-6-3-2-5-12(13)14(15,16)17/h2-3,5-6,11,20H,4,8-10H2,1H3/t11-/m1/s1. The lowest BCUT2D eigenvalue weighted by Crippen LogP contribution is -2.33. The lowest BCUT2D eigenvalue weighted by atomic mass is 10.2. The number of alkyl halides is 3. The predicted molar refractivity (Wildman–Crippen MR) is 70.7 cm³/mol. The van der Waals surface area contributed by atoms with Crippen molar-refractivity contribution in [2.24, 2.45) is 0 Å². The number of benzene rings is 1. The zero-order valence-corrected chi connectivity index (χ0v) is 11.6. The number of hydrogen-bond donors (Lipinski definition) is 1. The monoisotopic (exact) mass is 302 g/mol. The van der Waals surface area contributed by atoms with Gasteiger partial charge in [-0.25, -0.2) is 0 Å². The summed E-state index contributed by atoms with van der Waals surface area (Å²) >= 11 is 0. The van der Waals surface area contributed by atoms with Gasteiger partial charge in [0.05, 0.1) is 11.6 Å². The molecule has 0 aliphatic heterocycles. The molecule has 4 nitrogen and oxygen atoms in total. The Hall–Kier alpha value is -1.78. The van der Waals surface area contributed by atoms with Crippen molar-refractivity contribution in [2.45, 2.75) is 18.7 Å². The van der Waals surface area contributed by atoms with E-state index in [0.717, 1.165) is 6.07 Å². The van der Waals surface area contributed by atoms with E-state index in [-0.39, 0.29) is 18.9 Å². The molecule has 1 rings (SSSR count). The number of hydrogen-bond acceptors (Lipinski definition) is 4. The fraction of sp³-hybridized carbons (Fsp3) is 0.500. The first-order valence-electron chi connectivity index (χ1n) is 6.37. The molecule has 0 saturated carbocycles. The molecule has 0 bridgehead atoms. The van der Waals surface area contributed by atoms with E-state index in [1.54, 1.807) is 11.9 Å². The molecule has 0 fully saturated rings. The molecule has 116 valence electrons. The van der Waals surface area contributed by atoms with E-state index in [2.05, 4.69) is 0 Å². The number of halogens is 3. The number of likely N-dealkylation sites (N-methyl/N-ethyl adjacent to an activating group) is 1. The fourth-order valence-electron chi connectivity index (χ4n) is 1.76. The molecule has 0 unspecified atom stereocenters. The average molecular weight is 302 g/mol. The number of aliphatic hydroxyl groups excluding tert-OH is 1. The Morgan fingerprint density at radius 1 is 1.38 bits per heavy atom. The molecular formula is C14H17F3N2O2. The van der Waals surface area contributed by atoms with E-state index in [9.17, 15) is 18.3 Å². The van der Waals surface area contributed by atoms with Gasteiger partial charge < -0.3 is 14.7 Å². The minimum Gasteiger partial charge on any atom is -0.490 e. The molecule has 0 amide bonds. The lowest BCUT2D eigenvalue weighted by molar-refractivity contribution is -0.139. The van der Waals surface area contributed by atoms with Gasteiger partial charge in [0, 0.05) is 19.5 Å². The number of ether oxygens (including phenoxy) is 1. The number of para-hydroxylation sites is 1. The van der Waals surface area contributed by atoms with Gasteiger partial charge in [0.15, 0.2) is 0 Å². The zero-order chi connectivity index (χ0) is 15.9. The van der Waals surface area contributed by atoms with E-state index in [4.69, 9.17) is 10.00 Å². The van der Waals surface area contributed by atoms with Gasteiger partial charge in [-0.2, -0.15) is 18.4 Å². The van der Waals surface area contributed by atoms with Gasteiger partial charge in [-0.3, -0.25) is 0 Å². The van der Waals surface area contributed by atoms with Crippen LogP contribution in [0.25, 0.3) is 0 Å². The second-order valence-corrected chi connectivity index (χ2v) is 4.63. The van der Waals surface area contributed by atoms with E-state index < -0.39 is 17.8 Å². The van der Waals surface area contributed by atoms with Gasteiger partial charge in [-0.05, 0) is 19.2 Å². The van der Waals surface area contributed by atoms with Crippen LogP contribution in [0.4, 0.5) is 13.2 Å². The summed E-state index contributed by atoms with van der Waals surface area (Å²) in [6.07, 6.45) is -5.11. The van der Waals surface area contributed by atoms with Gasteiger partial charge in [-0.1, -0.05) is 12.1 Å². The second kappa shape index (κ2) is 7.86. The van der Waals surface area contributed by atoms with Crippen LogP contribution >= 0.6 is 0 Å². The third-order valence-electron chi connectivity index (χ3n) is 2.75. The zero-order valence-electron chi connectivity index (χ0n) is 11.6. The van der Waals surface area contributed by atoms with E-state index >= 15 is 0 Å². The maximum atomic E-state index is 12.7. The van der Waals surface area contributed by atoms with Gasteiger partial charge >= 0.3 is 6.18 Å². The smallest absolute Gasteiger partial charge is 0.419 e. The van der Waals surface area contributed by atoms with Gasteiger partial charge in [0.2, 0.25) is 0 Å². The molecule has 1 atom stereocenters. The van der Waals surface area contributed by atoms with Crippen molar-refractivity contribution in [2.75, 3.05) is 26.7 Å². The van der Waals surface area contributed by atoms with Crippen LogP contribution in [0, 0.1) is 11.3 Å². The molecule has 0 saturated heterocycles. The van der Waals surface area contributed by atoms with Crippen LogP contribution in [0.3, 0.4) is 0 Å². The van der Waals surface area contributed by atoms with Crippen LogP contribution < -0.4 is 4.74 Å². The van der Waals surface area contributed by atoms with E-state index in [1.165, 1.54) is 18.2 Å². The normalized spacial score (nSPS) is 13.0. The van der Waals surface area contributed by atoms with Crippen LogP contribution in [-0.2, 0) is 6.18 Å². The molecule has 7 heteroatoms. The largest absolute Gasteiger partial charge is 0.490 e. The number of rotatable bonds is 7. The molecule has 0 spiro atoms. The summed E-state index contributed by atoms with van der Waals surface area (Å²) in [5.41, 5.74) is -0.866. The molecule has 0 aliphatic carbocycles. The van der Waals surface area contributed by atoms with Crippen molar-refractivity contribution in [3.8, 4) is 11.8 Å². The van der Waals surface area contributed by atoms with Crippen molar-refractivity contribution < 1.29 is 23.0 Å². The number of aliphatic hydroxyl groups is 1. The predicted octanol–water partition coefficient (Wildman–Crippen LogP) is 2.29. The van der Waals surface area contributed by atoms with Crippen LogP contribution in [0.15, 0.2) is 24.3 Å². The maximum Gasteiger partial charge on any atom is 0.419 e. The van der Waals surface area contributed by atoms with Crippen LogP contribution in [0.2, 0.25) is 0 Å². The summed E-state index contributed by atoms with van der Waals surface area (Å²) < 4.78 is 43.3. The Balaban J connectivity index is 2.54. The third kappa shape index (κ3) is 6.02. The highest BCUT2D eigenvalue weighted by Gasteiger charge is 2.34. The second-order valence-electron chi connectivity index (χ2n) is 4.63. The topological polar surface area (TPSA) is 56.5 Å². The van der Waals surface area contributed by atoms with Gasteiger partial charge in [0.25, 0.3) is 0 Å². The molecule has 0 aliphatic rings. The van der Waals surface area contributed by atoms with Crippen molar-refractivity contribution in [1.29, 1.82) is 5.26 Å². The summed E-state index contributed by atoms with van der Waals surface area (Å²) in [5, 5.41) is 18.2. The highest BCUT2D eigenvalue weighted by molar-refractivity contribution is 5.35. The Morgan fingerprint density at radius 3 is 2.67 bits per heavy atom. The van der Waals surface area contributed by atoms with Crippen LogP contribution in [-0.4, -0.2) is 42.9 Å². The first-order valence-corrected chi connectivity index (χ1v) is 6.37. The van der Waals surface area contributed by atoms with Crippen molar-refractivity contribution in [3.05, 3.63) is 29.8 Å². The summed E-state index contributed by atoms with van der Waals surface area (Å²) in [6.45, 7) is 0.451. The highest BCUT2D eigenvalue weighted by Crippen LogP contribution is 2.35. The maximum absolute atomic E-state index is 12.7. The molecule has 1 aromatic carbocycles. The Bertz CT molecular complexity index is 486. The number of nitrogens with zero attached hydrogens (tertiary/aromatic N) is 2. The van der Waals surface area contributed by atoms with Crippen molar-refractivity contribution in [1.82, 2.24) is 4.90 Å². The minimum absolute atomic E-state index is 0.218. The highest BCUT2D eigenvalue weighted by atomic mass is 19.4. The molecule has 0 heterocycles. The van der Waals surface area contributed by atoms with Crippen LogP contribution in [0.1, 0.15) is 12.0 Å². The first-order chi connectivity index (χ1) is 9.84. The Kier molecular flexibility index (Phi) is 6.46. The molecule has 0 radical (unpaired) electrons. The van der Waals surface area contributed by atoms with E-state index in [0.29, 0.717) is 13.0 Å². The minimum atomic E-state index is -4.49. The molecule has 1 N–H and O–H groups in total. The quantitative estimate of drug-likeness (QED) is 0.839.